The van der Waals surface area contributed by atoms with Gasteiger partial charge in [0.1, 0.15) is 6.61 Å². The molecule has 4 rings (SSSR count). The van der Waals surface area contributed by atoms with Gasteiger partial charge in [-0.05, 0) is 49.6 Å². The molecule has 0 spiro atoms. The number of alkyl halides is 6. The van der Waals surface area contributed by atoms with Crippen LogP contribution in [0.5, 0.6) is 5.88 Å². The average Bonchev–Trinajstić information content (AvgIpc) is 3.00. The predicted molar refractivity (Wildman–Crippen MR) is 154 cm³/mol. The fourth-order valence-corrected chi connectivity index (χ4v) is 5.13. The van der Waals surface area contributed by atoms with Crippen LogP contribution in [0.1, 0.15) is 66.4 Å². The average molecular weight is 672 g/mol. The topological polar surface area (TPSA) is 136 Å². The number of ether oxygens (including phenoxy) is 3. The van der Waals surface area contributed by atoms with E-state index in [0.717, 1.165) is 0 Å². The van der Waals surface area contributed by atoms with Crippen LogP contribution in [0, 0.1) is 0 Å². The van der Waals surface area contributed by atoms with Gasteiger partial charge in [0, 0.05) is 30.3 Å². The molecule has 17 heteroatoms. The van der Waals surface area contributed by atoms with Crippen molar-refractivity contribution < 1.29 is 55.2 Å². The third-order valence-electron chi connectivity index (χ3n) is 7.24. The minimum atomic E-state index is -5.06. The largest absolute Gasteiger partial charge is 0.481 e. The van der Waals surface area contributed by atoms with Crippen molar-refractivity contribution in [1.82, 2.24) is 15.0 Å². The first-order valence-corrected chi connectivity index (χ1v) is 14.3. The van der Waals surface area contributed by atoms with E-state index < -0.39 is 54.6 Å². The molecule has 0 bridgehead atoms. The number of halogens is 6. The van der Waals surface area contributed by atoms with Gasteiger partial charge in [0.05, 0.1) is 54.6 Å². The molecule has 1 aromatic carbocycles. The van der Waals surface area contributed by atoms with Crippen molar-refractivity contribution in [3.63, 3.8) is 0 Å². The summed E-state index contributed by atoms with van der Waals surface area (Å²) in [5.41, 5.74) is -2.37. The van der Waals surface area contributed by atoms with Gasteiger partial charge in [0.2, 0.25) is 11.8 Å². The summed E-state index contributed by atoms with van der Waals surface area (Å²) in [5, 5.41) is 12.1. The van der Waals surface area contributed by atoms with Crippen LogP contribution in [-0.2, 0) is 39.6 Å². The highest BCUT2D eigenvalue weighted by molar-refractivity contribution is 5.90. The molecule has 1 aliphatic rings. The lowest BCUT2D eigenvalue weighted by Gasteiger charge is -2.39. The molecule has 0 saturated heterocycles. The van der Waals surface area contributed by atoms with Crippen molar-refractivity contribution in [2.24, 2.45) is 0 Å². The Bertz CT molecular complexity index is 1570. The number of carbonyl (C=O) groups is 2. The third kappa shape index (κ3) is 8.58. The number of nitrogens with one attached hydrogen (secondary N) is 1. The number of nitrogens with zero attached hydrogens (tertiary/aromatic N) is 4. The number of benzene rings is 1. The van der Waals surface area contributed by atoms with Crippen molar-refractivity contribution in [2.75, 3.05) is 30.5 Å². The number of fused-ring (bicyclic) bond motifs is 1. The Kier molecular flexibility index (Phi) is 10.8. The number of anilines is 2. The van der Waals surface area contributed by atoms with Gasteiger partial charge in [-0.25, -0.2) is 24.5 Å². The highest BCUT2D eigenvalue weighted by Crippen LogP contribution is 2.40. The molecule has 2 N–H and O–H groups in total. The number of methoxy groups -OCH3 is 1. The Labute approximate surface area is 264 Å². The van der Waals surface area contributed by atoms with Crippen LogP contribution in [0.15, 0.2) is 36.5 Å². The fraction of sp³-hybridized carbons (Fsp3) is 0.433. The number of rotatable bonds is 11. The van der Waals surface area contributed by atoms with E-state index in [1.807, 2.05) is 6.92 Å². The number of hydrogen-bond acceptors (Lipinski definition) is 9. The Morgan fingerprint density at radius 3 is 2.30 bits per heavy atom. The van der Waals surface area contributed by atoms with Gasteiger partial charge in [-0.2, -0.15) is 26.3 Å². The van der Waals surface area contributed by atoms with Gasteiger partial charge in [-0.3, -0.25) is 4.90 Å². The second-order valence-corrected chi connectivity index (χ2v) is 10.5. The predicted octanol–water partition coefficient (Wildman–Crippen LogP) is 6.41. The fourth-order valence-electron chi connectivity index (χ4n) is 5.13. The van der Waals surface area contributed by atoms with Gasteiger partial charge in [0.25, 0.3) is 0 Å². The normalized spacial score (nSPS) is 16.4. The smallest absolute Gasteiger partial charge is 0.416 e. The van der Waals surface area contributed by atoms with Crippen molar-refractivity contribution in [3.05, 3.63) is 70.2 Å². The van der Waals surface area contributed by atoms with Gasteiger partial charge >= 0.3 is 24.4 Å². The summed E-state index contributed by atoms with van der Waals surface area (Å²) >= 11 is 0. The minimum Gasteiger partial charge on any atom is -0.481 e. The zero-order valence-corrected chi connectivity index (χ0v) is 25.4. The summed E-state index contributed by atoms with van der Waals surface area (Å²) in [6, 6.07) is 3.46. The highest BCUT2D eigenvalue weighted by atomic mass is 19.4. The van der Waals surface area contributed by atoms with Crippen LogP contribution in [0.25, 0.3) is 0 Å². The van der Waals surface area contributed by atoms with E-state index in [1.54, 1.807) is 19.1 Å². The van der Waals surface area contributed by atoms with E-state index in [1.165, 1.54) is 18.2 Å². The standard InChI is InChI=1S/C30H31F6N5O6/c1-4-20-12-22(26-23(6-7-24(40-26)45-3)41(20)28(44)47-5-2)39-27-37-13-17(14-46-15-25(42)43)21(38-27)10-16-8-18(29(31,32)33)11-19(9-16)30(34,35)36/h6-9,11,13,20,22H,4-5,10,12,14-15H2,1-3H3,(H,42,43)(H,37,38,39)/t20-,22+/m1/s1. The van der Waals surface area contributed by atoms with Crippen LogP contribution in [0.2, 0.25) is 0 Å². The first-order valence-electron chi connectivity index (χ1n) is 14.3. The van der Waals surface area contributed by atoms with E-state index in [-0.39, 0.29) is 54.0 Å². The minimum absolute atomic E-state index is 0.00448. The van der Waals surface area contributed by atoms with Crippen molar-refractivity contribution in [2.45, 2.75) is 64.2 Å². The Balaban J connectivity index is 1.76. The summed E-state index contributed by atoms with van der Waals surface area (Å²) in [4.78, 5) is 38.6. The maximum atomic E-state index is 13.6. The molecule has 3 aromatic rings. The summed E-state index contributed by atoms with van der Waals surface area (Å²) in [6.07, 6.45) is -9.13. The highest BCUT2D eigenvalue weighted by Gasteiger charge is 2.39. The second kappa shape index (κ2) is 14.4. The molecule has 2 atom stereocenters. The zero-order chi connectivity index (χ0) is 34.5. The second-order valence-electron chi connectivity index (χ2n) is 10.5. The first kappa shape index (κ1) is 35.2. The summed E-state index contributed by atoms with van der Waals surface area (Å²) in [7, 11) is 1.41. The lowest BCUT2D eigenvalue weighted by Crippen LogP contribution is -2.46. The molecule has 11 nitrogen and oxygen atoms in total. The van der Waals surface area contributed by atoms with Gasteiger partial charge in [-0.15, -0.1) is 0 Å². The molecule has 0 saturated carbocycles. The van der Waals surface area contributed by atoms with Crippen LogP contribution < -0.4 is 15.0 Å². The van der Waals surface area contributed by atoms with E-state index in [4.69, 9.17) is 19.3 Å². The van der Waals surface area contributed by atoms with Crippen molar-refractivity contribution >= 4 is 23.7 Å². The van der Waals surface area contributed by atoms with E-state index in [2.05, 4.69) is 20.3 Å². The molecule has 2 aromatic heterocycles. The summed E-state index contributed by atoms with van der Waals surface area (Å²) in [5.74, 6) is -1.10. The molecule has 0 fully saturated rings. The van der Waals surface area contributed by atoms with Crippen LogP contribution >= 0.6 is 0 Å². The van der Waals surface area contributed by atoms with E-state index in [9.17, 15) is 35.9 Å². The van der Waals surface area contributed by atoms with Gasteiger partial charge in [0.15, 0.2) is 0 Å². The maximum absolute atomic E-state index is 13.6. The number of carboxylic acid groups (broad SMARTS) is 1. The molecule has 47 heavy (non-hydrogen) atoms. The third-order valence-corrected chi connectivity index (χ3v) is 7.24. The summed E-state index contributed by atoms with van der Waals surface area (Å²) < 4.78 is 97.0. The Morgan fingerprint density at radius 2 is 1.72 bits per heavy atom. The molecule has 1 amide bonds. The van der Waals surface area contributed by atoms with Gasteiger partial charge < -0.3 is 24.6 Å². The van der Waals surface area contributed by atoms with Crippen LogP contribution in [0.3, 0.4) is 0 Å². The van der Waals surface area contributed by atoms with Crippen molar-refractivity contribution in [3.8, 4) is 5.88 Å². The van der Waals surface area contributed by atoms with Gasteiger partial charge in [-0.1, -0.05) is 6.92 Å². The lowest BCUT2D eigenvalue weighted by atomic mass is 9.93. The van der Waals surface area contributed by atoms with Crippen LogP contribution in [0.4, 0.5) is 42.8 Å². The Hall–Kier alpha value is -4.67. The SMILES string of the molecule is CCOC(=O)N1c2ccc(OC)nc2[C@@H](Nc2ncc(COCC(=O)O)c(Cc3cc(C(F)(F)F)cc(C(F)(F)F)c3)n2)C[C@H]1CC. The number of amides is 1. The number of pyridine rings is 1. The monoisotopic (exact) mass is 671 g/mol. The number of carbonyl (C=O) groups excluding carboxylic acids is 1. The molecule has 254 valence electrons. The van der Waals surface area contributed by atoms with Crippen molar-refractivity contribution in [1.29, 1.82) is 0 Å². The number of carboxylic acids is 1. The number of aromatic nitrogens is 3. The molecule has 0 aliphatic carbocycles. The number of hydrogen-bond donors (Lipinski definition) is 2. The van der Waals surface area contributed by atoms with Crippen LogP contribution in [-0.4, -0.2) is 58.5 Å². The number of aliphatic carboxylic acids is 1. The zero-order valence-electron chi connectivity index (χ0n) is 25.4. The molecule has 3 heterocycles. The molecule has 1 aliphatic heterocycles. The maximum Gasteiger partial charge on any atom is 0.416 e. The first-order chi connectivity index (χ1) is 22.1. The summed E-state index contributed by atoms with van der Waals surface area (Å²) in [6.45, 7) is 2.59. The molecule has 0 unspecified atom stereocenters. The quantitative estimate of drug-likeness (QED) is 0.220. The molecule has 0 radical (unpaired) electrons. The van der Waals surface area contributed by atoms with E-state index in [0.29, 0.717) is 36.4 Å². The lowest BCUT2D eigenvalue weighted by molar-refractivity contribution is -0.144. The molecular formula is C30H31F6N5O6. The Morgan fingerprint density at radius 1 is 1.04 bits per heavy atom. The van der Waals surface area contributed by atoms with E-state index >= 15 is 0 Å². The molecular weight excluding hydrogens is 640 g/mol.